The Bertz CT molecular complexity index is 709. The number of ketones is 1. The molecule has 0 N–H and O–H groups in total. The molecule has 1 aromatic heterocycles. The lowest BCUT2D eigenvalue weighted by molar-refractivity contribution is -0.117. The Kier molecular flexibility index (Phi) is 4.81. The first-order valence-electron chi connectivity index (χ1n) is 7.76. The van der Waals surface area contributed by atoms with E-state index in [2.05, 4.69) is 4.98 Å². The van der Waals surface area contributed by atoms with Crippen molar-refractivity contribution in [1.29, 1.82) is 0 Å². The van der Waals surface area contributed by atoms with Gasteiger partial charge in [0.1, 0.15) is 0 Å². The fourth-order valence-electron chi connectivity index (χ4n) is 2.64. The van der Waals surface area contributed by atoms with Crippen molar-refractivity contribution in [3.8, 4) is 0 Å². The van der Waals surface area contributed by atoms with Gasteiger partial charge in [-0.15, -0.1) is 0 Å². The number of amides is 1. The Labute approximate surface area is 139 Å². The van der Waals surface area contributed by atoms with Gasteiger partial charge in [-0.25, -0.2) is 4.98 Å². The second-order valence-corrected chi connectivity index (χ2v) is 6.35. The summed E-state index contributed by atoms with van der Waals surface area (Å²) in [6, 6.07) is 7.31. The fourth-order valence-corrected chi connectivity index (χ4v) is 3.56. The number of nitrogens with zero attached hydrogens (tertiary/aromatic N) is 3. The first-order chi connectivity index (χ1) is 11.2. The van der Waals surface area contributed by atoms with Crippen molar-refractivity contribution >= 4 is 29.1 Å². The van der Waals surface area contributed by atoms with Crippen molar-refractivity contribution < 1.29 is 9.59 Å². The van der Waals surface area contributed by atoms with Crippen LogP contribution in [0.4, 0.5) is 5.69 Å². The minimum Gasteiger partial charge on any atom is -0.326 e. The van der Waals surface area contributed by atoms with Crippen LogP contribution in [0.25, 0.3) is 0 Å². The standard InChI is InChI=1S/C17H19N3O2S/c1-2-19-11-9-18-17(19)23-12-15(21)13-5-7-14(8-6-13)20-10-3-4-16(20)22/h5-9,11H,2-4,10,12H2,1H3. The normalized spacial score (nSPS) is 14.5. The average Bonchev–Trinajstić information content (AvgIpc) is 3.21. The number of aryl methyl sites for hydroxylation is 1. The van der Waals surface area contributed by atoms with E-state index in [9.17, 15) is 9.59 Å². The molecule has 0 saturated carbocycles. The molecule has 1 fully saturated rings. The molecule has 0 unspecified atom stereocenters. The van der Waals surface area contributed by atoms with Crippen molar-refractivity contribution in [2.45, 2.75) is 31.5 Å². The van der Waals surface area contributed by atoms with Gasteiger partial charge in [-0.3, -0.25) is 9.59 Å². The zero-order chi connectivity index (χ0) is 16.2. The van der Waals surface area contributed by atoms with Crippen LogP contribution in [0.2, 0.25) is 0 Å². The maximum absolute atomic E-state index is 12.3. The minimum absolute atomic E-state index is 0.0694. The summed E-state index contributed by atoms with van der Waals surface area (Å²) in [5.41, 5.74) is 1.54. The summed E-state index contributed by atoms with van der Waals surface area (Å²) in [5.74, 6) is 0.588. The highest BCUT2D eigenvalue weighted by molar-refractivity contribution is 7.99. The average molecular weight is 329 g/mol. The van der Waals surface area contributed by atoms with E-state index >= 15 is 0 Å². The topological polar surface area (TPSA) is 55.2 Å². The Hall–Kier alpha value is -2.08. The summed E-state index contributed by atoms with van der Waals surface area (Å²) in [4.78, 5) is 30.1. The van der Waals surface area contributed by atoms with E-state index in [1.165, 1.54) is 11.8 Å². The largest absolute Gasteiger partial charge is 0.326 e. The van der Waals surface area contributed by atoms with E-state index in [1.807, 2.05) is 29.8 Å². The minimum atomic E-state index is 0.0694. The van der Waals surface area contributed by atoms with Crippen molar-refractivity contribution in [1.82, 2.24) is 9.55 Å². The number of carbonyl (C=O) groups is 2. The lowest BCUT2D eigenvalue weighted by atomic mass is 10.1. The number of thioether (sulfide) groups is 1. The van der Waals surface area contributed by atoms with Crippen molar-refractivity contribution in [2.75, 3.05) is 17.2 Å². The fraction of sp³-hybridized carbons (Fsp3) is 0.353. The predicted octanol–water partition coefficient (Wildman–Crippen LogP) is 3.00. The van der Waals surface area contributed by atoms with E-state index in [1.54, 1.807) is 23.2 Å². The third kappa shape index (κ3) is 3.47. The maximum Gasteiger partial charge on any atom is 0.227 e. The lowest BCUT2D eigenvalue weighted by Gasteiger charge is -2.15. The van der Waals surface area contributed by atoms with Gasteiger partial charge in [0.2, 0.25) is 5.91 Å². The predicted molar refractivity (Wildman–Crippen MR) is 91.0 cm³/mol. The summed E-state index contributed by atoms with van der Waals surface area (Å²) in [6.07, 6.45) is 5.18. The van der Waals surface area contributed by atoms with E-state index in [0.717, 1.165) is 30.4 Å². The molecule has 0 spiro atoms. The molecule has 6 heteroatoms. The second-order valence-electron chi connectivity index (χ2n) is 5.40. The molecule has 120 valence electrons. The van der Waals surface area contributed by atoms with Gasteiger partial charge in [0.15, 0.2) is 10.9 Å². The molecule has 1 aliphatic heterocycles. The zero-order valence-corrected chi connectivity index (χ0v) is 13.9. The van der Waals surface area contributed by atoms with Crippen LogP contribution in [0.3, 0.4) is 0 Å². The Morgan fingerprint density at radius 3 is 2.74 bits per heavy atom. The molecule has 2 heterocycles. The van der Waals surface area contributed by atoms with E-state index in [0.29, 0.717) is 17.7 Å². The molecule has 5 nitrogen and oxygen atoms in total. The van der Waals surface area contributed by atoms with E-state index in [-0.39, 0.29) is 11.7 Å². The number of rotatable bonds is 6. The first-order valence-corrected chi connectivity index (χ1v) is 8.75. The summed E-state index contributed by atoms with van der Waals surface area (Å²) < 4.78 is 2.01. The molecule has 0 aliphatic carbocycles. The van der Waals surface area contributed by atoms with Crippen LogP contribution in [0.15, 0.2) is 41.8 Å². The molecule has 1 saturated heterocycles. The summed E-state index contributed by atoms with van der Waals surface area (Å²) in [6.45, 7) is 3.66. The molecule has 3 rings (SSSR count). The van der Waals surface area contributed by atoms with Crippen LogP contribution in [-0.4, -0.2) is 33.5 Å². The van der Waals surface area contributed by atoms with Crippen LogP contribution in [0.1, 0.15) is 30.1 Å². The van der Waals surface area contributed by atoms with Gasteiger partial charge in [-0.05, 0) is 37.6 Å². The zero-order valence-electron chi connectivity index (χ0n) is 13.1. The number of Topliss-reactive ketones (excluding diaryl/α,β-unsaturated/α-hetero) is 1. The molecule has 23 heavy (non-hydrogen) atoms. The molecular weight excluding hydrogens is 310 g/mol. The van der Waals surface area contributed by atoms with Gasteiger partial charge in [0.05, 0.1) is 5.75 Å². The highest BCUT2D eigenvalue weighted by atomic mass is 32.2. The number of benzene rings is 1. The summed E-state index contributed by atoms with van der Waals surface area (Å²) in [7, 11) is 0. The van der Waals surface area contributed by atoms with Crippen molar-refractivity contribution in [3.63, 3.8) is 0 Å². The number of carbonyl (C=O) groups excluding carboxylic acids is 2. The van der Waals surface area contributed by atoms with Gasteiger partial charge >= 0.3 is 0 Å². The number of anilines is 1. The Morgan fingerprint density at radius 1 is 1.30 bits per heavy atom. The van der Waals surface area contributed by atoms with Crippen LogP contribution in [0.5, 0.6) is 0 Å². The quantitative estimate of drug-likeness (QED) is 0.604. The van der Waals surface area contributed by atoms with Crippen LogP contribution < -0.4 is 4.90 Å². The molecule has 1 amide bonds. The highest BCUT2D eigenvalue weighted by Gasteiger charge is 2.21. The third-order valence-electron chi connectivity index (χ3n) is 3.92. The van der Waals surface area contributed by atoms with E-state index in [4.69, 9.17) is 0 Å². The molecule has 0 radical (unpaired) electrons. The highest BCUT2D eigenvalue weighted by Crippen LogP contribution is 2.23. The first kappa shape index (κ1) is 15.8. The molecule has 1 aliphatic rings. The summed E-state index contributed by atoms with van der Waals surface area (Å²) in [5, 5.41) is 0.861. The second kappa shape index (κ2) is 7.00. The van der Waals surface area contributed by atoms with E-state index < -0.39 is 0 Å². The third-order valence-corrected chi connectivity index (χ3v) is 4.93. The molecule has 0 bridgehead atoms. The molecular formula is C17H19N3O2S. The number of aromatic nitrogens is 2. The smallest absolute Gasteiger partial charge is 0.227 e. The van der Waals surface area contributed by atoms with Gasteiger partial charge in [-0.2, -0.15) is 0 Å². The van der Waals surface area contributed by atoms with Gasteiger partial charge < -0.3 is 9.47 Å². The SMILES string of the molecule is CCn1ccnc1SCC(=O)c1ccc(N2CCCC2=O)cc1. The van der Waals surface area contributed by atoms with Gasteiger partial charge in [0, 0.05) is 43.2 Å². The van der Waals surface area contributed by atoms with Gasteiger partial charge in [-0.1, -0.05) is 11.8 Å². The monoisotopic (exact) mass is 329 g/mol. The maximum atomic E-state index is 12.3. The molecule has 0 atom stereocenters. The lowest BCUT2D eigenvalue weighted by Crippen LogP contribution is -2.23. The summed E-state index contributed by atoms with van der Waals surface area (Å²) >= 11 is 1.45. The molecule has 1 aromatic carbocycles. The number of imidazole rings is 1. The van der Waals surface area contributed by atoms with Crippen molar-refractivity contribution in [2.24, 2.45) is 0 Å². The molecule has 2 aromatic rings. The Balaban J connectivity index is 1.62. The van der Waals surface area contributed by atoms with Crippen LogP contribution in [-0.2, 0) is 11.3 Å². The van der Waals surface area contributed by atoms with Crippen LogP contribution in [0, 0.1) is 0 Å². The van der Waals surface area contributed by atoms with Crippen LogP contribution >= 0.6 is 11.8 Å². The number of hydrogen-bond donors (Lipinski definition) is 0. The Morgan fingerprint density at radius 2 is 2.09 bits per heavy atom. The number of hydrogen-bond acceptors (Lipinski definition) is 4. The van der Waals surface area contributed by atoms with Crippen molar-refractivity contribution in [3.05, 3.63) is 42.2 Å². The van der Waals surface area contributed by atoms with Gasteiger partial charge in [0.25, 0.3) is 0 Å².